The molecule has 11 heteroatoms. The maximum Gasteiger partial charge on any atom is 0.322 e. The number of ether oxygens (including phenoxy) is 3. The van der Waals surface area contributed by atoms with Crippen molar-refractivity contribution >= 4 is 33.6 Å². The summed E-state index contributed by atoms with van der Waals surface area (Å²) < 4.78 is 22.7. The van der Waals surface area contributed by atoms with Crippen LogP contribution in [0.5, 0.6) is 11.5 Å². The van der Waals surface area contributed by atoms with E-state index >= 15 is 0 Å². The van der Waals surface area contributed by atoms with Crippen LogP contribution in [0.4, 0.5) is 10.5 Å². The smallest absolute Gasteiger partial charge is 0.322 e. The lowest BCUT2D eigenvalue weighted by Gasteiger charge is -2.31. The van der Waals surface area contributed by atoms with Gasteiger partial charge in [-0.2, -0.15) is 0 Å². The Kier molecular flexibility index (Phi) is 11.5. The van der Waals surface area contributed by atoms with Gasteiger partial charge in [-0.05, 0) is 54.4 Å². The molecular formula is C30H37BrN4O6. The number of benzene rings is 2. The quantitative estimate of drug-likeness (QED) is 0.298. The number of nitrogens with zero attached hydrogens (tertiary/aromatic N) is 3. The Hall–Kier alpha value is -3.54. The molecule has 0 bridgehead atoms. The lowest BCUT2D eigenvalue weighted by molar-refractivity contribution is -0.132. The van der Waals surface area contributed by atoms with Crippen LogP contribution in [0.3, 0.4) is 0 Å². The number of halogens is 1. The number of furan rings is 1. The second kappa shape index (κ2) is 15.5. The molecule has 10 nitrogen and oxygen atoms in total. The predicted octanol–water partition coefficient (Wildman–Crippen LogP) is 4.50. The molecule has 220 valence electrons. The number of hydrogen-bond acceptors (Lipinski definition) is 7. The minimum atomic E-state index is -0.331. The van der Waals surface area contributed by atoms with Crippen molar-refractivity contribution in [2.75, 3.05) is 72.0 Å². The fourth-order valence-electron chi connectivity index (χ4n) is 4.55. The van der Waals surface area contributed by atoms with Gasteiger partial charge in [-0.1, -0.05) is 28.1 Å². The van der Waals surface area contributed by atoms with Crippen molar-refractivity contribution in [1.29, 1.82) is 0 Å². The van der Waals surface area contributed by atoms with Crippen LogP contribution in [0.2, 0.25) is 0 Å². The third-order valence-corrected chi connectivity index (χ3v) is 7.37. The molecular weight excluding hydrogens is 592 g/mol. The van der Waals surface area contributed by atoms with Crippen molar-refractivity contribution in [3.8, 4) is 11.5 Å². The molecule has 0 atom stereocenters. The Morgan fingerprint density at radius 3 is 2.49 bits per heavy atom. The molecule has 0 aliphatic carbocycles. The van der Waals surface area contributed by atoms with Crippen LogP contribution in [0.1, 0.15) is 11.3 Å². The predicted molar refractivity (Wildman–Crippen MR) is 159 cm³/mol. The highest BCUT2D eigenvalue weighted by molar-refractivity contribution is 9.10. The highest BCUT2D eigenvalue weighted by Gasteiger charge is 2.24. The van der Waals surface area contributed by atoms with Gasteiger partial charge in [0.05, 0.1) is 40.2 Å². The van der Waals surface area contributed by atoms with Crippen molar-refractivity contribution in [2.45, 2.75) is 13.0 Å². The minimum absolute atomic E-state index is 0.0726. The Morgan fingerprint density at radius 1 is 0.976 bits per heavy atom. The Balaban J connectivity index is 1.48. The van der Waals surface area contributed by atoms with Gasteiger partial charge in [0.25, 0.3) is 0 Å². The van der Waals surface area contributed by atoms with Crippen LogP contribution in [0.25, 0.3) is 0 Å². The molecule has 0 spiro atoms. The average Bonchev–Trinajstić information content (AvgIpc) is 3.51. The molecule has 3 amide bonds. The molecule has 0 unspecified atom stereocenters. The fourth-order valence-corrected chi connectivity index (χ4v) is 4.95. The van der Waals surface area contributed by atoms with Gasteiger partial charge in [0.1, 0.15) is 12.3 Å². The van der Waals surface area contributed by atoms with Crippen LogP contribution < -0.4 is 14.8 Å². The number of rotatable bonds is 13. The summed E-state index contributed by atoms with van der Waals surface area (Å²) in [6.45, 7) is 4.62. The van der Waals surface area contributed by atoms with E-state index in [1.807, 2.05) is 48.5 Å². The first-order valence-electron chi connectivity index (χ1n) is 13.6. The first-order chi connectivity index (χ1) is 19.9. The number of carbonyl (C=O) groups excluding carboxylic acids is 2. The van der Waals surface area contributed by atoms with Gasteiger partial charge in [0.2, 0.25) is 5.91 Å². The molecule has 3 aromatic rings. The molecule has 1 aliphatic rings. The Bertz CT molecular complexity index is 1270. The Labute approximate surface area is 249 Å². The van der Waals surface area contributed by atoms with Crippen LogP contribution in [-0.4, -0.2) is 93.3 Å². The molecule has 41 heavy (non-hydrogen) atoms. The second-order valence-corrected chi connectivity index (χ2v) is 10.6. The molecule has 2 heterocycles. The second-order valence-electron chi connectivity index (χ2n) is 9.65. The van der Waals surface area contributed by atoms with E-state index in [2.05, 4.69) is 26.1 Å². The SMILES string of the molecule is COc1ccc(CCN(Cc2ccco2)C(=O)CN(CCN2CCOCC2)C(=O)Nc2cccc(Br)c2)cc1OC. The van der Waals surface area contributed by atoms with Crippen LogP contribution in [-0.2, 0) is 22.5 Å². The molecule has 1 saturated heterocycles. The van der Waals surface area contributed by atoms with Gasteiger partial charge >= 0.3 is 6.03 Å². The summed E-state index contributed by atoms with van der Waals surface area (Å²) in [7, 11) is 3.19. The van der Waals surface area contributed by atoms with Crippen molar-refractivity contribution in [2.24, 2.45) is 0 Å². The van der Waals surface area contributed by atoms with E-state index in [4.69, 9.17) is 18.6 Å². The van der Waals surface area contributed by atoms with Crippen molar-refractivity contribution < 1.29 is 28.2 Å². The molecule has 2 aromatic carbocycles. The maximum absolute atomic E-state index is 13.8. The van der Waals surface area contributed by atoms with Gasteiger partial charge in [-0.3, -0.25) is 9.69 Å². The topological polar surface area (TPSA) is 96.7 Å². The number of amides is 3. The highest BCUT2D eigenvalue weighted by Crippen LogP contribution is 2.28. The molecule has 1 aliphatic heterocycles. The molecule has 0 radical (unpaired) electrons. The van der Waals surface area contributed by atoms with E-state index in [-0.39, 0.29) is 18.5 Å². The zero-order valence-corrected chi connectivity index (χ0v) is 25.1. The monoisotopic (exact) mass is 628 g/mol. The average molecular weight is 630 g/mol. The van der Waals surface area contributed by atoms with E-state index in [1.54, 1.807) is 36.3 Å². The number of carbonyl (C=O) groups is 2. The molecule has 1 N–H and O–H groups in total. The van der Waals surface area contributed by atoms with Gasteiger partial charge in [-0.15, -0.1) is 0 Å². The maximum atomic E-state index is 13.8. The summed E-state index contributed by atoms with van der Waals surface area (Å²) in [6.07, 6.45) is 2.18. The number of anilines is 1. The number of morpholine rings is 1. The lowest BCUT2D eigenvalue weighted by Crippen LogP contribution is -2.48. The van der Waals surface area contributed by atoms with E-state index < -0.39 is 0 Å². The van der Waals surface area contributed by atoms with E-state index in [0.29, 0.717) is 68.8 Å². The zero-order valence-electron chi connectivity index (χ0n) is 23.5. The summed E-state index contributed by atoms with van der Waals surface area (Å²) in [5, 5.41) is 2.94. The molecule has 1 fully saturated rings. The number of urea groups is 1. The van der Waals surface area contributed by atoms with Gasteiger partial charge < -0.3 is 33.7 Å². The molecule has 0 saturated carbocycles. The third kappa shape index (κ3) is 9.24. The summed E-state index contributed by atoms with van der Waals surface area (Å²) in [5.74, 6) is 1.77. The Morgan fingerprint density at radius 2 is 1.78 bits per heavy atom. The van der Waals surface area contributed by atoms with Gasteiger partial charge in [0.15, 0.2) is 11.5 Å². The fraction of sp³-hybridized carbons (Fsp3) is 0.400. The normalized spacial score (nSPS) is 13.4. The van der Waals surface area contributed by atoms with Crippen molar-refractivity contribution in [1.82, 2.24) is 14.7 Å². The first kappa shape index (κ1) is 30.4. The number of methoxy groups -OCH3 is 2. The van der Waals surface area contributed by atoms with Crippen molar-refractivity contribution in [3.63, 3.8) is 0 Å². The van der Waals surface area contributed by atoms with Crippen molar-refractivity contribution in [3.05, 3.63) is 76.7 Å². The molecule has 1 aromatic heterocycles. The van der Waals surface area contributed by atoms with Crippen LogP contribution >= 0.6 is 15.9 Å². The van der Waals surface area contributed by atoms with Crippen LogP contribution in [0, 0.1) is 0 Å². The van der Waals surface area contributed by atoms with Crippen LogP contribution in [0.15, 0.2) is 69.8 Å². The summed E-state index contributed by atoms with van der Waals surface area (Å²) >= 11 is 3.45. The van der Waals surface area contributed by atoms with Gasteiger partial charge in [-0.25, -0.2) is 4.79 Å². The highest BCUT2D eigenvalue weighted by atomic mass is 79.9. The lowest BCUT2D eigenvalue weighted by atomic mass is 10.1. The van der Waals surface area contributed by atoms with Gasteiger partial charge in [0, 0.05) is 42.9 Å². The number of nitrogens with one attached hydrogen (secondary N) is 1. The largest absolute Gasteiger partial charge is 0.493 e. The summed E-state index contributed by atoms with van der Waals surface area (Å²) in [4.78, 5) is 32.7. The van der Waals surface area contributed by atoms with E-state index in [1.165, 1.54) is 0 Å². The minimum Gasteiger partial charge on any atom is -0.493 e. The number of hydrogen-bond donors (Lipinski definition) is 1. The summed E-state index contributed by atoms with van der Waals surface area (Å²) in [6, 6.07) is 16.4. The van der Waals surface area contributed by atoms with E-state index in [0.717, 1.165) is 23.1 Å². The third-order valence-electron chi connectivity index (χ3n) is 6.88. The zero-order chi connectivity index (χ0) is 29.0. The van der Waals surface area contributed by atoms with E-state index in [9.17, 15) is 9.59 Å². The molecule has 4 rings (SSSR count). The first-order valence-corrected chi connectivity index (χ1v) is 14.4. The summed E-state index contributed by atoms with van der Waals surface area (Å²) in [5.41, 5.74) is 1.64. The standard InChI is InChI=1S/C30H37BrN4O6/c1-38-27-9-8-23(19-28(27)39-2)10-11-34(21-26-7-4-16-41-26)29(36)22-35(13-12-33-14-17-40-18-15-33)30(37)32-25-6-3-5-24(31)20-25/h3-9,16,19-20H,10-15,17-18,21-22H2,1-2H3,(H,32,37).